The summed E-state index contributed by atoms with van der Waals surface area (Å²) in [6.07, 6.45) is 3.57. The highest BCUT2D eigenvalue weighted by atomic mass is 16.5. The van der Waals surface area contributed by atoms with Gasteiger partial charge in [0.05, 0.1) is 18.1 Å². The lowest BCUT2D eigenvalue weighted by Gasteiger charge is -2.28. The van der Waals surface area contributed by atoms with Gasteiger partial charge in [0, 0.05) is 11.7 Å². The van der Waals surface area contributed by atoms with Gasteiger partial charge in [-0.2, -0.15) is 0 Å². The molecule has 6 nitrogen and oxygen atoms in total. The molecule has 1 aliphatic carbocycles. The van der Waals surface area contributed by atoms with Crippen LogP contribution in [0, 0.1) is 6.92 Å². The van der Waals surface area contributed by atoms with Crippen LogP contribution in [0.25, 0.3) is 11.2 Å². The fraction of sp³-hybridized carbons (Fsp3) is 0.650. The summed E-state index contributed by atoms with van der Waals surface area (Å²) in [4.78, 5) is 21.7. The minimum absolute atomic E-state index is 0. The Hall–Kier alpha value is -1.95. The molecule has 0 bridgehead atoms. The first kappa shape index (κ1) is 20.4. The number of ether oxygens (including phenoxy) is 1. The monoisotopic (exact) mass is 360 g/mol. The summed E-state index contributed by atoms with van der Waals surface area (Å²) in [5.41, 5.74) is 2.38. The molecule has 0 spiro atoms. The number of nitrogens with one attached hydrogen (secondary N) is 1. The normalized spacial score (nSPS) is 16.0. The number of nitrogens with zero attached hydrogens (tertiary/aromatic N) is 3. The number of imidazole rings is 1. The third-order valence-corrected chi connectivity index (χ3v) is 4.40. The van der Waals surface area contributed by atoms with Gasteiger partial charge in [-0.25, -0.2) is 9.97 Å². The van der Waals surface area contributed by atoms with Crippen molar-refractivity contribution in [3.63, 3.8) is 0 Å². The second kappa shape index (κ2) is 7.74. The van der Waals surface area contributed by atoms with Crippen molar-refractivity contribution in [3.05, 3.63) is 17.8 Å². The molecule has 0 radical (unpaired) electrons. The minimum atomic E-state index is -0.264. The largest absolute Gasteiger partial charge is 0.372 e. The van der Waals surface area contributed by atoms with Gasteiger partial charge in [-0.1, -0.05) is 7.43 Å². The Labute approximate surface area is 156 Å². The number of aromatic nitrogens is 3. The zero-order valence-electron chi connectivity index (χ0n) is 15.8. The zero-order valence-corrected chi connectivity index (χ0v) is 15.8. The molecule has 3 rings (SSSR count). The molecule has 2 aromatic rings. The first-order valence-electron chi connectivity index (χ1n) is 9.06. The van der Waals surface area contributed by atoms with E-state index in [0.717, 1.165) is 29.7 Å². The molecule has 1 amide bonds. The van der Waals surface area contributed by atoms with Crippen molar-refractivity contribution in [3.8, 4) is 0 Å². The number of anilines is 1. The summed E-state index contributed by atoms with van der Waals surface area (Å²) in [5.74, 6) is 0.523. The molecule has 1 fully saturated rings. The number of aryl methyl sites for hydroxylation is 1. The van der Waals surface area contributed by atoms with E-state index in [4.69, 9.17) is 4.74 Å². The highest BCUT2D eigenvalue weighted by Crippen LogP contribution is 2.36. The summed E-state index contributed by atoms with van der Waals surface area (Å²) in [6, 6.07) is 4.29. The van der Waals surface area contributed by atoms with E-state index in [2.05, 4.69) is 19.9 Å². The Balaban J connectivity index is 0.00000243. The molecular weight excluding hydrogens is 328 g/mol. The summed E-state index contributed by atoms with van der Waals surface area (Å²) >= 11 is 0. The Morgan fingerprint density at radius 3 is 2.62 bits per heavy atom. The number of fused-ring (bicyclic) bond motifs is 1. The lowest BCUT2D eigenvalue weighted by Crippen LogP contribution is -2.29. The van der Waals surface area contributed by atoms with E-state index in [1.54, 1.807) is 0 Å². The molecule has 1 saturated carbocycles. The van der Waals surface area contributed by atoms with Gasteiger partial charge in [0.25, 0.3) is 0 Å². The molecule has 6 heteroatoms. The van der Waals surface area contributed by atoms with E-state index in [1.165, 1.54) is 6.42 Å². The quantitative estimate of drug-likeness (QED) is 0.844. The highest BCUT2D eigenvalue weighted by molar-refractivity contribution is 5.91. The maximum absolute atomic E-state index is 12.5. The Morgan fingerprint density at radius 1 is 1.35 bits per heavy atom. The van der Waals surface area contributed by atoms with Crippen LogP contribution in [0.15, 0.2) is 12.1 Å². The second-order valence-corrected chi connectivity index (χ2v) is 7.98. The van der Waals surface area contributed by atoms with Crippen molar-refractivity contribution in [2.75, 3.05) is 5.32 Å². The molecule has 2 aromatic heterocycles. The van der Waals surface area contributed by atoms with Gasteiger partial charge in [0.15, 0.2) is 5.65 Å². The van der Waals surface area contributed by atoms with Gasteiger partial charge >= 0.3 is 0 Å². The first-order valence-corrected chi connectivity index (χ1v) is 9.06. The molecule has 26 heavy (non-hydrogen) atoms. The molecule has 1 atom stereocenters. The van der Waals surface area contributed by atoms with Crippen LogP contribution in [0.4, 0.5) is 5.95 Å². The van der Waals surface area contributed by atoms with E-state index in [-0.39, 0.29) is 25.0 Å². The van der Waals surface area contributed by atoms with Crippen LogP contribution < -0.4 is 5.32 Å². The molecule has 1 N–H and O–H groups in total. The van der Waals surface area contributed by atoms with E-state index >= 15 is 0 Å². The Bertz CT molecular complexity index is 772. The van der Waals surface area contributed by atoms with Gasteiger partial charge < -0.3 is 4.74 Å². The Kier molecular flexibility index (Phi) is 6.06. The smallest absolute Gasteiger partial charge is 0.229 e. The van der Waals surface area contributed by atoms with Crippen molar-refractivity contribution < 1.29 is 9.53 Å². The molecule has 0 aliphatic heterocycles. The predicted octanol–water partition coefficient (Wildman–Crippen LogP) is 4.63. The Morgan fingerprint density at radius 2 is 2.04 bits per heavy atom. The second-order valence-electron chi connectivity index (χ2n) is 7.98. The fourth-order valence-electron chi connectivity index (χ4n) is 3.23. The predicted molar refractivity (Wildman–Crippen MR) is 105 cm³/mol. The van der Waals surface area contributed by atoms with Crippen LogP contribution in [0.3, 0.4) is 0 Å². The summed E-state index contributed by atoms with van der Waals surface area (Å²) in [7, 11) is 0. The van der Waals surface area contributed by atoms with Gasteiger partial charge in [-0.05, 0) is 66.0 Å². The third kappa shape index (κ3) is 4.61. The number of amides is 1. The van der Waals surface area contributed by atoms with E-state index in [0.29, 0.717) is 18.4 Å². The van der Waals surface area contributed by atoms with Crippen molar-refractivity contribution in [1.82, 2.24) is 14.5 Å². The molecule has 1 aliphatic rings. The highest BCUT2D eigenvalue weighted by Gasteiger charge is 2.27. The maximum Gasteiger partial charge on any atom is 0.229 e. The van der Waals surface area contributed by atoms with Crippen LogP contribution >= 0.6 is 0 Å². The standard InChI is InChI=1S/C19H28N4O2.CH4/c1-12-9-10-15-17(20-12)23(14-7-6-8-14)18(21-15)22-16(24)11-13(2)25-19(3,4)5;/h9-10,13-14H,6-8,11H2,1-5H3,(H,21,22,24);1H4/t13-;/m1./s1. The average molecular weight is 361 g/mol. The lowest BCUT2D eigenvalue weighted by molar-refractivity contribution is -0.121. The van der Waals surface area contributed by atoms with E-state index in [1.807, 2.05) is 46.8 Å². The number of carbonyl (C=O) groups excluding carboxylic acids is 1. The first-order chi connectivity index (χ1) is 11.7. The molecular formula is C20H32N4O2. The average Bonchev–Trinajstić information content (AvgIpc) is 2.72. The molecule has 2 heterocycles. The third-order valence-electron chi connectivity index (χ3n) is 4.40. The maximum atomic E-state index is 12.5. The van der Waals surface area contributed by atoms with Crippen LogP contribution in [-0.2, 0) is 9.53 Å². The summed E-state index contributed by atoms with van der Waals surface area (Å²) < 4.78 is 7.93. The summed E-state index contributed by atoms with van der Waals surface area (Å²) in [6.45, 7) is 9.87. The minimum Gasteiger partial charge on any atom is -0.372 e. The number of rotatable bonds is 5. The van der Waals surface area contributed by atoms with Crippen molar-refractivity contribution in [2.24, 2.45) is 0 Å². The van der Waals surface area contributed by atoms with Gasteiger partial charge in [-0.3, -0.25) is 14.7 Å². The van der Waals surface area contributed by atoms with Crippen molar-refractivity contribution in [1.29, 1.82) is 0 Å². The molecule has 0 saturated heterocycles. The van der Waals surface area contributed by atoms with Crippen LogP contribution in [0.1, 0.15) is 72.5 Å². The fourth-order valence-corrected chi connectivity index (χ4v) is 3.23. The van der Waals surface area contributed by atoms with Crippen molar-refractivity contribution >= 4 is 23.0 Å². The van der Waals surface area contributed by atoms with Crippen LogP contribution in [0.2, 0.25) is 0 Å². The SMILES string of the molecule is C.Cc1ccc2nc(NC(=O)C[C@@H](C)OC(C)(C)C)n(C3CCC3)c2n1. The summed E-state index contributed by atoms with van der Waals surface area (Å²) in [5, 5.41) is 2.98. The van der Waals surface area contributed by atoms with Gasteiger partial charge in [-0.15, -0.1) is 0 Å². The lowest BCUT2D eigenvalue weighted by atomic mass is 9.93. The number of pyridine rings is 1. The van der Waals surface area contributed by atoms with E-state index in [9.17, 15) is 4.79 Å². The number of hydrogen-bond donors (Lipinski definition) is 1. The topological polar surface area (TPSA) is 69.0 Å². The van der Waals surface area contributed by atoms with Crippen LogP contribution in [0.5, 0.6) is 0 Å². The van der Waals surface area contributed by atoms with Gasteiger partial charge in [0.2, 0.25) is 11.9 Å². The van der Waals surface area contributed by atoms with Crippen LogP contribution in [-0.4, -0.2) is 32.1 Å². The zero-order chi connectivity index (χ0) is 18.2. The molecule has 144 valence electrons. The number of carbonyl (C=O) groups is 1. The molecule has 0 unspecified atom stereocenters. The van der Waals surface area contributed by atoms with E-state index < -0.39 is 0 Å². The number of hydrogen-bond acceptors (Lipinski definition) is 4. The molecule has 0 aromatic carbocycles. The van der Waals surface area contributed by atoms with Gasteiger partial charge in [0.1, 0.15) is 5.52 Å². The van der Waals surface area contributed by atoms with Crippen molar-refractivity contribution in [2.45, 2.75) is 85.5 Å².